The van der Waals surface area contributed by atoms with Crippen LogP contribution in [0.4, 0.5) is 21.5 Å². The maximum atomic E-state index is 13.7. The summed E-state index contributed by atoms with van der Waals surface area (Å²) >= 11 is 5.36. The zero-order chi connectivity index (χ0) is 22.2. The summed E-state index contributed by atoms with van der Waals surface area (Å²) in [5.74, 6) is -1.04. The molecule has 0 aliphatic heterocycles. The third kappa shape index (κ3) is 6.52. The van der Waals surface area contributed by atoms with Crippen molar-refractivity contribution in [2.24, 2.45) is 0 Å². The van der Waals surface area contributed by atoms with Crippen molar-refractivity contribution in [3.05, 3.63) is 89.7 Å². The molecule has 5 nitrogen and oxygen atoms in total. The highest BCUT2D eigenvalue weighted by Crippen LogP contribution is 2.16. The molecule has 0 saturated carbocycles. The summed E-state index contributed by atoms with van der Waals surface area (Å²) in [6, 6.07) is 21.3. The lowest BCUT2D eigenvalue weighted by Crippen LogP contribution is -2.30. The topological polar surface area (TPSA) is 56.4 Å². The Morgan fingerprint density at radius 2 is 1.61 bits per heavy atom. The number of nitrogens with one attached hydrogen (secondary N) is 3. The number of carbonyl (C=O) groups excluding carboxylic acids is 1. The van der Waals surface area contributed by atoms with Crippen LogP contribution in [0.3, 0.4) is 0 Å². The number of hydrogen-bond acceptors (Lipinski definition) is 3. The summed E-state index contributed by atoms with van der Waals surface area (Å²) in [5.41, 5.74) is 3.76. The van der Waals surface area contributed by atoms with Gasteiger partial charge in [0.2, 0.25) is 0 Å². The fraction of sp³-hybridized carbons (Fsp3) is 0.167. The lowest BCUT2D eigenvalue weighted by Gasteiger charge is -2.14. The Morgan fingerprint density at radius 3 is 2.29 bits per heavy atom. The van der Waals surface area contributed by atoms with Gasteiger partial charge >= 0.3 is 0 Å². The Bertz CT molecular complexity index is 1050. The molecule has 0 atom stereocenters. The fourth-order valence-electron chi connectivity index (χ4n) is 2.97. The number of thiocarbonyl (C=S) groups is 1. The lowest BCUT2D eigenvalue weighted by atomic mass is 10.1. The van der Waals surface area contributed by atoms with Gasteiger partial charge in [-0.1, -0.05) is 24.3 Å². The Kier molecular flexibility index (Phi) is 7.56. The molecule has 0 spiro atoms. The quantitative estimate of drug-likeness (QED) is 0.470. The van der Waals surface area contributed by atoms with Crippen molar-refractivity contribution in [1.29, 1.82) is 0 Å². The SMILES string of the molecule is CN(C)c1cccc(CCNC(=S)Nc2ccc(NC(=O)c3ccccc3F)cc2)c1. The van der Waals surface area contributed by atoms with Gasteiger partial charge in [-0.2, -0.15) is 0 Å². The molecule has 3 rings (SSSR count). The third-order valence-electron chi connectivity index (χ3n) is 4.65. The Labute approximate surface area is 187 Å². The average Bonchev–Trinajstić information content (AvgIpc) is 2.75. The number of rotatable bonds is 7. The van der Waals surface area contributed by atoms with Crippen LogP contribution in [0.2, 0.25) is 0 Å². The predicted molar refractivity (Wildman–Crippen MR) is 129 cm³/mol. The molecule has 0 saturated heterocycles. The van der Waals surface area contributed by atoms with Crippen LogP contribution in [0.15, 0.2) is 72.8 Å². The highest BCUT2D eigenvalue weighted by molar-refractivity contribution is 7.80. The zero-order valence-electron chi connectivity index (χ0n) is 17.5. The molecule has 0 heterocycles. The van der Waals surface area contributed by atoms with Crippen molar-refractivity contribution in [3.63, 3.8) is 0 Å². The van der Waals surface area contributed by atoms with Crippen LogP contribution in [0.25, 0.3) is 0 Å². The summed E-state index contributed by atoms with van der Waals surface area (Å²) < 4.78 is 13.7. The predicted octanol–water partition coefficient (Wildman–Crippen LogP) is 4.67. The number of benzene rings is 3. The van der Waals surface area contributed by atoms with Gasteiger partial charge in [-0.3, -0.25) is 4.79 Å². The zero-order valence-corrected chi connectivity index (χ0v) is 18.3. The number of carbonyl (C=O) groups is 1. The highest BCUT2D eigenvalue weighted by atomic mass is 32.1. The molecule has 3 N–H and O–H groups in total. The summed E-state index contributed by atoms with van der Waals surface area (Å²) in [7, 11) is 4.04. The Balaban J connectivity index is 1.47. The van der Waals surface area contributed by atoms with E-state index in [1.54, 1.807) is 36.4 Å². The number of hydrogen-bond donors (Lipinski definition) is 3. The highest BCUT2D eigenvalue weighted by Gasteiger charge is 2.10. The van der Waals surface area contributed by atoms with Gasteiger partial charge in [0.1, 0.15) is 5.82 Å². The van der Waals surface area contributed by atoms with E-state index in [2.05, 4.69) is 39.0 Å². The maximum absolute atomic E-state index is 13.7. The molecule has 3 aromatic rings. The lowest BCUT2D eigenvalue weighted by molar-refractivity contribution is 0.102. The van der Waals surface area contributed by atoms with Crippen molar-refractivity contribution >= 4 is 40.3 Å². The molecule has 0 unspecified atom stereocenters. The van der Waals surface area contributed by atoms with Crippen molar-refractivity contribution in [2.75, 3.05) is 36.2 Å². The fourth-order valence-corrected chi connectivity index (χ4v) is 3.19. The van der Waals surface area contributed by atoms with E-state index in [0.717, 1.165) is 12.1 Å². The summed E-state index contributed by atoms with van der Waals surface area (Å²) in [6.45, 7) is 0.708. The molecule has 0 aliphatic carbocycles. The van der Waals surface area contributed by atoms with Crippen molar-refractivity contribution in [2.45, 2.75) is 6.42 Å². The van der Waals surface area contributed by atoms with E-state index in [1.165, 1.54) is 23.4 Å². The third-order valence-corrected chi connectivity index (χ3v) is 4.89. The van der Waals surface area contributed by atoms with Crippen LogP contribution >= 0.6 is 12.2 Å². The molecule has 31 heavy (non-hydrogen) atoms. The molecule has 7 heteroatoms. The van der Waals surface area contributed by atoms with Crippen LogP contribution < -0.4 is 20.9 Å². The first-order chi connectivity index (χ1) is 14.9. The molecule has 0 radical (unpaired) electrons. The molecule has 3 aromatic carbocycles. The molecule has 0 aliphatic rings. The Morgan fingerprint density at radius 1 is 0.935 bits per heavy atom. The second kappa shape index (κ2) is 10.5. The molecular formula is C24H25FN4OS. The second-order valence-electron chi connectivity index (χ2n) is 7.21. The molecule has 0 aromatic heterocycles. The Hall–Kier alpha value is -3.45. The minimum Gasteiger partial charge on any atom is -0.378 e. The van der Waals surface area contributed by atoms with E-state index >= 15 is 0 Å². The van der Waals surface area contributed by atoms with E-state index in [4.69, 9.17) is 12.2 Å². The van der Waals surface area contributed by atoms with Gasteiger partial charge in [0.15, 0.2) is 5.11 Å². The van der Waals surface area contributed by atoms with E-state index in [9.17, 15) is 9.18 Å². The van der Waals surface area contributed by atoms with Crippen molar-refractivity contribution < 1.29 is 9.18 Å². The van der Waals surface area contributed by atoms with Gasteiger partial charge in [0.05, 0.1) is 5.56 Å². The molecule has 0 fully saturated rings. The van der Waals surface area contributed by atoms with Crippen molar-refractivity contribution in [1.82, 2.24) is 5.32 Å². The second-order valence-corrected chi connectivity index (χ2v) is 7.61. The van der Waals surface area contributed by atoms with Crippen molar-refractivity contribution in [3.8, 4) is 0 Å². The minimum absolute atomic E-state index is 0.00574. The van der Waals surface area contributed by atoms with Gasteiger partial charge in [0, 0.05) is 37.7 Å². The smallest absolute Gasteiger partial charge is 0.258 e. The average molecular weight is 437 g/mol. The summed E-state index contributed by atoms with van der Waals surface area (Å²) in [4.78, 5) is 14.3. The van der Waals surface area contributed by atoms with E-state index in [1.807, 2.05) is 20.2 Å². The first-order valence-corrected chi connectivity index (χ1v) is 10.3. The molecule has 0 bridgehead atoms. The van der Waals surface area contributed by atoms with Crippen LogP contribution in [0.1, 0.15) is 15.9 Å². The number of amides is 1. The molecular weight excluding hydrogens is 411 g/mol. The van der Waals surface area contributed by atoms with Crippen LogP contribution in [0, 0.1) is 5.82 Å². The number of nitrogens with zero attached hydrogens (tertiary/aromatic N) is 1. The summed E-state index contributed by atoms with van der Waals surface area (Å²) in [5, 5.41) is 9.52. The standard InChI is InChI=1S/C24H25FN4OS/c1-29(2)20-7-5-6-17(16-20)14-15-26-24(31)28-19-12-10-18(11-13-19)27-23(30)21-8-3-4-9-22(21)25/h3-13,16H,14-15H2,1-2H3,(H,27,30)(H2,26,28,31). The van der Waals surface area contributed by atoms with Gasteiger partial charge in [-0.25, -0.2) is 4.39 Å². The number of anilines is 3. The normalized spacial score (nSPS) is 10.3. The number of halogens is 1. The van der Waals surface area contributed by atoms with Gasteiger partial charge in [-0.05, 0) is 72.7 Å². The minimum atomic E-state index is -0.553. The largest absolute Gasteiger partial charge is 0.378 e. The van der Waals surface area contributed by atoms with E-state index in [0.29, 0.717) is 17.3 Å². The van der Waals surface area contributed by atoms with Crippen LogP contribution in [-0.2, 0) is 6.42 Å². The van der Waals surface area contributed by atoms with Gasteiger partial charge in [0.25, 0.3) is 5.91 Å². The van der Waals surface area contributed by atoms with Gasteiger partial charge in [-0.15, -0.1) is 0 Å². The first kappa shape index (κ1) is 22.2. The molecule has 1 amide bonds. The molecule has 160 valence electrons. The van der Waals surface area contributed by atoms with E-state index < -0.39 is 11.7 Å². The monoisotopic (exact) mass is 436 g/mol. The van der Waals surface area contributed by atoms with E-state index in [-0.39, 0.29) is 5.56 Å². The van der Waals surface area contributed by atoms with Gasteiger partial charge < -0.3 is 20.9 Å². The maximum Gasteiger partial charge on any atom is 0.258 e. The summed E-state index contributed by atoms with van der Waals surface area (Å²) in [6.07, 6.45) is 0.852. The van der Waals surface area contributed by atoms with Crippen LogP contribution in [0.5, 0.6) is 0 Å². The first-order valence-electron chi connectivity index (χ1n) is 9.89. The van der Waals surface area contributed by atoms with Crippen LogP contribution in [-0.4, -0.2) is 31.7 Å².